The Morgan fingerprint density at radius 2 is 2.04 bits per heavy atom. The number of benzene rings is 1. The number of urea groups is 1. The Morgan fingerprint density at radius 1 is 1.26 bits per heavy atom. The molecule has 2 amide bonds. The Labute approximate surface area is 137 Å². The van der Waals surface area contributed by atoms with Crippen LogP contribution in [0.15, 0.2) is 30.5 Å². The molecule has 2 N–H and O–H groups in total. The quantitative estimate of drug-likeness (QED) is 0.912. The fourth-order valence-corrected chi connectivity index (χ4v) is 3.10. The van der Waals surface area contributed by atoms with Crippen LogP contribution in [0.4, 0.5) is 4.79 Å². The standard InChI is InChI=1S/C18H24N4O/c1-13(15-8-7-14-5-3-4-6-16(14)11-15)21-18(23)19-12-17-9-10-20-22(17)2/h7-11,13H,3-6,12H2,1-2H3,(H2,19,21,23)/t13-/m0/s1. The maximum Gasteiger partial charge on any atom is 0.315 e. The Kier molecular flexibility index (Phi) is 4.65. The number of aryl methyl sites for hydroxylation is 3. The van der Waals surface area contributed by atoms with Gasteiger partial charge in [-0.15, -0.1) is 0 Å². The summed E-state index contributed by atoms with van der Waals surface area (Å²) in [6, 6.07) is 8.34. The van der Waals surface area contributed by atoms with E-state index in [9.17, 15) is 4.79 Å². The Bertz CT molecular complexity index is 692. The van der Waals surface area contributed by atoms with Gasteiger partial charge in [-0.2, -0.15) is 5.10 Å². The van der Waals surface area contributed by atoms with Crippen LogP contribution in [0.3, 0.4) is 0 Å². The van der Waals surface area contributed by atoms with Crippen LogP contribution in [0.2, 0.25) is 0 Å². The summed E-state index contributed by atoms with van der Waals surface area (Å²) in [5, 5.41) is 9.97. The third-order valence-electron chi connectivity index (χ3n) is 4.57. The maximum atomic E-state index is 12.1. The van der Waals surface area contributed by atoms with Crippen molar-refractivity contribution < 1.29 is 4.79 Å². The van der Waals surface area contributed by atoms with Crippen molar-refractivity contribution in [2.75, 3.05) is 0 Å². The molecule has 0 unspecified atom stereocenters. The average molecular weight is 312 g/mol. The molecule has 0 saturated carbocycles. The topological polar surface area (TPSA) is 59.0 Å². The van der Waals surface area contributed by atoms with Gasteiger partial charge in [0.25, 0.3) is 0 Å². The summed E-state index contributed by atoms with van der Waals surface area (Å²) in [7, 11) is 1.87. The van der Waals surface area contributed by atoms with Crippen LogP contribution in [0.5, 0.6) is 0 Å². The van der Waals surface area contributed by atoms with Gasteiger partial charge in [-0.1, -0.05) is 18.2 Å². The van der Waals surface area contributed by atoms with Crippen LogP contribution in [0, 0.1) is 0 Å². The summed E-state index contributed by atoms with van der Waals surface area (Å²) in [4.78, 5) is 12.1. The van der Waals surface area contributed by atoms with E-state index >= 15 is 0 Å². The maximum absolute atomic E-state index is 12.1. The summed E-state index contributed by atoms with van der Waals surface area (Å²) in [6.45, 7) is 2.49. The molecule has 1 aliphatic rings. The van der Waals surface area contributed by atoms with Crippen LogP contribution in [-0.4, -0.2) is 15.8 Å². The summed E-state index contributed by atoms with van der Waals surface area (Å²) < 4.78 is 1.76. The summed E-state index contributed by atoms with van der Waals surface area (Å²) in [5.41, 5.74) is 5.05. The minimum Gasteiger partial charge on any atom is -0.333 e. The molecule has 23 heavy (non-hydrogen) atoms. The SMILES string of the molecule is C[C@H](NC(=O)NCc1ccnn1C)c1ccc2c(c1)CCCC2. The first kappa shape index (κ1) is 15.6. The molecule has 1 heterocycles. The van der Waals surface area contributed by atoms with Crippen molar-refractivity contribution in [3.63, 3.8) is 0 Å². The fraction of sp³-hybridized carbons (Fsp3) is 0.444. The van der Waals surface area contributed by atoms with E-state index in [1.807, 2.05) is 20.0 Å². The van der Waals surface area contributed by atoms with Crippen molar-refractivity contribution in [1.29, 1.82) is 0 Å². The molecule has 1 atom stereocenters. The van der Waals surface area contributed by atoms with Crippen molar-refractivity contribution in [2.24, 2.45) is 7.05 Å². The lowest BCUT2D eigenvalue weighted by molar-refractivity contribution is 0.237. The molecule has 5 nitrogen and oxygen atoms in total. The van der Waals surface area contributed by atoms with Crippen LogP contribution >= 0.6 is 0 Å². The molecule has 0 spiro atoms. The second-order valence-electron chi connectivity index (χ2n) is 6.23. The van der Waals surface area contributed by atoms with Crippen molar-refractivity contribution in [3.8, 4) is 0 Å². The van der Waals surface area contributed by atoms with Crippen molar-refractivity contribution in [1.82, 2.24) is 20.4 Å². The number of carbonyl (C=O) groups is 1. The van der Waals surface area contributed by atoms with E-state index in [1.54, 1.807) is 10.9 Å². The average Bonchev–Trinajstić information content (AvgIpc) is 2.97. The lowest BCUT2D eigenvalue weighted by Crippen LogP contribution is -2.37. The van der Waals surface area contributed by atoms with E-state index in [1.165, 1.54) is 36.0 Å². The highest BCUT2D eigenvalue weighted by molar-refractivity contribution is 5.74. The van der Waals surface area contributed by atoms with Gasteiger partial charge in [0.2, 0.25) is 0 Å². The van der Waals surface area contributed by atoms with Gasteiger partial charge in [-0.25, -0.2) is 4.79 Å². The highest BCUT2D eigenvalue weighted by Gasteiger charge is 2.14. The van der Waals surface area contributed by atoms with E-state index < -0.39 is 0 Å². The van der Waals surface area contributed by atoms with Crippen LogP contribution < -0.4 is 10.6 Å². The van der Waals surface area contributed by atoms with Crippen molar-refractivity contribution in [2.45, 2.75) is 45.2 Å². The number of hydrogen-bond donors (Lipinski definition) is 2. The first-order valence-corrected chi connectivity index (χ1v) is 8.26. The van der Waals surface area contributed by atoms with Gasteiger partial charge >= 0.3 is 6.03 Å². The molecule has 2 aromatic rings. The zero-order valence-electron chi connectivity index (χ0n) is 13.8. The normalized spacial score (nSPS) is 14.9. The largest absolute Gasteiger partial charge is 0.333 e. The molecule has 1 aromatic heterocycles. The number of fused-ring (bicyclic) bond motifs is 1. The van der Waals surface area contributed by atoms with E-state index in [0.29, 0.717) is 6.54 Å². The predicted molar refractivity (Wildman–Crippen MR) is 90.1 cm³/mol. The molecule has 0 fully saturated rings. The van der Waals surface area contributed by atoms with Crippen LogP contribution in [0.25, 0.3) is 0 Å². The van der Waals surface area contributed by atoms with Gasteiger partial charge in [0.1, 0.15) is 0 Å². The number of aromatic nitrogens is 2. The third kappa shape index (κ3) is 3.73. The van der Waals surface area contributed by atoms with Gasteiger partial charge in [0.15, 0.2) is 0 Å². The van der Waals surface area contributed by atoms with Gasteiger partial charge in [-0.3, -0.25) is 4.68 Å². The molecule has 3 rings (SSSR count). The molecule has 1 aromatic carbocycles. The predicted octanol–water partition coefficient (Wildman–Crippen LogP) is 2.86. The van der Waals surface area contributed by atoms with E-state index in [0.717, 1.165) is 12.1 Å². The van der Waals surface area contributed by atoms with E-state index in [4.69, 9.17) is 0 Å². The van der Waals surface area contributed by atoms with Gasteiger partial charge in [0, 0.05) is 13.2 Å². The highest BCUT2D eigenvalue weighted by atomic mass is 16.2. The number of nitrogens with zero attached hydrogens (tertiary/aromatic N) is 2. The molecule has 0 radical (unpaired) electrons. The van der Waals surface area contributed by atoms with E-state index in [2.05, 4.69) is 33.9 Å². The third-order valence-corrected chi connectivity index (χ3v) is 4.57. The lowest BCUT2D eigenvalue weighted by Gasteiger charge is -2.20. The zero-order chi connectivity index (χ0) is 16.2. The molecule has 5 heteroatoms. The Hall–Kier alpha value is -2.30. The minimum atomic E-state index is -0.156. The number of hydrogen-bond acceptors (Lipinski definition) is 2. The second-order valence-corrected chi connectivity index (χ2v) is 6.23. The number of nitrogens with one attached hydrogen (secondary N) is 2. The number of carbonyl (C=O) groups excluding carboxylic acids is 1. The van der Waals surface area contributed by atoms with Gasteiger partial charge in [0.05, 0.1) is 18.3 Å². The van der Waals surface area contributed by atoms with Gasteiger partial charge in [-0.05, 0) is 55.4 Å². The lowest BCUT2D eigenvalue weighted by atomic mass is 9.89. The summed E-state index contributed by atoms with van der Waals surface area (Å²) in [5.74, 6) is 0. The van der Waals surface area contributed by atoms with Crippen LogP contribution in [0.1, 0.15) is 48.2 Å². The van der Waals surface area contributed by atoms with Gasteiger partial charge < -0.3 is 10.6 Å². The second kappa shape index (κ2) is 6.86. The van der Waals surface area contributed by atoms with Crippen molar-refractivity contribution >= 4 is 6.03 Å². The van der Waals surface area contributed by atoms with E-state index in [-0.39, 0.29) is 12.1 Å². The highest BCUT2D eigenvalue weighted by Crippen LogP contribution is 2.24. The monoisotopic (exact) mass is 312 g/mol. The fourth-order valence-electron chi connectivity index (χ4n) is 3.10. The summed E-state index contributed by atoms with van der Waals surface area (Å²) >= 11 is 0. The number of amides is 2. The Morgan fingerprint density at radius 3 is 2.78 bits per heavy atom. The summed E-state index contributed by atoms with van der Waals surface area (Å²) in [6.07, 6.45) is 6.62. The first-order valence-electron chi connectivity index (χ1n) is 8.26. The minimum absolute atomic E-state index is 0.00577. The van der Waals surface area contributed by atoms with Crippen molar-refractivity contribution in [3.05, 3.63) is 52.8 Å². The molecule has 0 aliphatic heterocycles. The first-order chi connectivity index (χ1) is 11.1. The number of rotatable bonds is 4. The molecular formula is C18H24N4O. The smallest absolute Gasteiger partial charge is 0.315 e. The molecule has 1 aliphatic carbocycles. The Balaban J connectivity index is 1.57. The molecule has 0 saturated heterocycles. The van der Waals surface area contributed by atoms with Crippen LogP contribution in [-0.2, 0) is 26.4 Å². The molecule has 0 bridgehead atoms. The zero-order valence-corrected chi connectivity index (χ0v) is 13.8. The molecular weight excluding hydrogens is 288 g/mol. The molecule has 122 valence electrons.